The van der Waals surface area contributed by atoms with Crippen LogP contribution in [0.5, 0.6) is 0 Å². The molecule has 1 aromatic heterocycles. The molecule has 0 spiro atoms. The molecular formula is C14H9IN2O. The number of rotatable bonds is 2. The van der Waals surface area contributed by atoms with Crippen molar-refractivity contribution in [3.63, 3.8) is 0 Å². The molecular weight excluding hydrogens is 339 g/mol. The lowest BCUT2D eigenvalue weighted by Gasteiger charge is -1.93. The zero-order chi connectivity index (χ0) is 12.4. The molecule has 0 saturated heterocycles. The molecule has 2 aromatic carbocycles. The van der Waals surface area contributed by atoms with Gasteiger partial charge >= 0.3 is 0 Å². The Balaban J connectivity index is 1.97. The Morgan fingerprint density at radius 2 is 1.56 bits per heavy atom. The van der Waals surface area contributed by atoms with Crippen LogP contribution in [0.25, 0.3) is 22.8 Å². The van der Waals surface area contributed by atoms with Crippen molar-refractivity contribution in [3.05, 3.63) is 58.2 Å². The molecule has 0 N–H and O–H groups in total. The molecule has 0 radical (unpaired) electrons. The zero-order valence-electron chi connectivity index (χ0n) is 9.38. The van der Waals surface area contributed by atoms with E-state index in [4.69, 9.17) is 4.52 Å². The van der Waals surface area contributed by atoms with Gasteiger partial charge in [0.25, 0.3) is 5.89 Å². The Bertz CT molecular complexity index is 647. The summed E-state index contributed by atoms with van der Waals surface area (Å²) < 4.78 is 6.46. The smallest absolute Gasteiger partial charge is 0.258 e. The van der Waals surface area contributed by atoms with Crippen molar-refractivity contribution in [2.45, 2.75) is 0 Å². The first-order chi connectivity index (χ1) is 8.83. The Hall–Kier alpha value is -1.69. The van der Waals surface area contributed by atoms with Crippen LogP contribution in [0.3, 0.4) is 0 Å². The second kappa shape index (κ2) is 4.89. The lowest BCUT2D eigenvalue weighted by Crippen LogP contribution is -1.80. The topological polar surface area (TPSA) is 38.9 Å². The minimum atomic E-state index is 0.547. The first-order valence-electron chi connectivity index (χ1n) is 5.48. The third kappa shape index (κ3) is 2.28. The summed E-state index contributed by atoms with van der Waals surface area (Å²) in [5.74, 6) is 1.16. The van der Waals surface area contributed by atoms with Gasteiger partial charge in [-0.1, -0.05) is 35.5 Å². The summed E-state index contributed by atoms with van der Waals surface area (Å²) in [5.41, 5.74) is 1.89. The van der Waals surface area contributed by atoms with E-state index in [1.165, 1.54) is 3.57 Å². The van der Waals surface area contributed by atoms with E-state index in [1.807, 2.05) is 54.6 Å². The molecule has 1 heterocycles. The average Bonchev–Trinajstić information content (AvgIpc) is 2.90. The van der Waals surface area contributed by atoms with Crippen LogP contribution in [-0.2, 0) is 0 Å². The van der Waals surface area contributed by atoms with E-state index >= 15 is 0 Å². The highest BCUT2D eigenvalue weighted by molar-refractivity contribution is 14.1. The summed E-state index contributed by atoms with van der Waals surface area (Å²) in [7, 11) is 0. The molecule has 0 aliphatic heterocycles. The number of hydrogen-bond donors (Lipinski definition) is 0. The van der Waals surface area contributed by atoms with Gasteiger partial charge in [-0.25, -0.2) is 0 Å². The van der Waals surface area contributed by atoms with Gasteiger partial charge in [0, 0.05) is 14.7 Å². The first-order valence-corrected chi connectivity index (χ1v) is 6.56. The molecule has 0 amide bonds. The van der Waals surface area contributed by atoms with Crippen molar-refractivity contribution in [3.8, 4) is 22.8 Å². The molecule has 3 nitrogen and oxygen atoms in total. The van der Waals surface area contributed by atoms with Crippen LogP contribution >= 0.6 is 22.6 Å². The fourth-order valence-electron chi connectivity index (χ4n) is 1.64. The normalized spacial score (nSPS) is 10.5. The second-order valence-corrected chi connectivity index (χ2v) is 5.04. The van der Waals surface area contributed by atoms with Crippen LogP contribution in [0.2, 0.25) is 0 Å². The number of benzene rings is 2. The van der Waals surface area contributed by atoms with Crippen LogP contribution in [0.1, 0.15) is 0 Å². The summed E-state index contributed by atoms with van der Waals surface area (Å²) >= 11 is 2.26. The number of halogens is 1. The van der Waals surface area contributed by atoms with Crippen molar-refractivity contribution < 1.29 is 4.52 Å². The Labute approximate surface area is 118 Å². The molecule has 0 fully saturated rings. The predicted octanol–water partition coefficient (Wildman–Crippen LogP) is 4.01. The van der Waals surface area contributed by atoms with Gasteiger partial charge in [0.05, 0.1) is 0 Å². The SMILES string of the molecule is Ic1ccc(-c2nc(-c3ccccc3)no2)cc1. The summed E-state index contributed by atoms with van der Waals surface area (Å²) in [6.45, 7) is 0. The highest BCUT2D eigenvalue weighted by Crippen LogP contribution is 2.22. The summed E-state index contributed by atoms with van der Waals surface area (Å²) in [6.07, 6.45) is 0. The summed E-state index contributed by atoms with van der Waals surface area (Å²) in [4.78, 5) is 4.40. The lowest BCUT2D eigenvalue weighted by molar-refractivity contribution is 0.432. The lowest BCUT2D eigenvalue weighted by atomic mass is 10.2. The monoisotopic (exact) mass is 348 g/mol. The van der Waals surface area contributed by atoms with Crippen LogP contribution in [0.15, 0.2) is 59.1 Å². The summed E-state index contributed by atoms with van der Waals surface area (Å²) in [5, 5.41) is 4.00. The highest BCUT2D eigenvalue weighted by Gasteiger charge is 2.09. The molecule has 0 aliphatic carbocycles. The number of nitrogens with zero attached hydrogens (tertiary/aromatic N) is 2. The fourth-order valence-corrected chi connectivity index (χ4v) is 2.00. The Kier molecular flexibility index (Phi) is 3.10. The quantitative estimate of drug-likeness (QED) is 0.657. The van der Waals surface area contributed by atoms with Crippen molar-refractivity contribution in [1.29, 1.82) is 0 Å². The van der Waals surface area contributed by atoms with Crippen molar-refractivity contribution >= 4 is 22.6 Å². The van der Waals surface area contributed by atoms with E-state index in [9.17, 15) is 0 Å². The highest BCUT2D eigenvalue weighted by atomic mass is 127. The third-order valence-corrected chi connectivity index (χ3v) is 3.27. The van der Waals surface area contributed by atoms with E-state index in [0.717, 1.165) is 11.1 Å². The molecule has 3 rings (SSSR count). The molecule has 0 aliphatic rings. The van der Waals surface area contributed by atoms with Gasteiger partial charge in [0.1, 0.15) is 0 Å². The van der Waals surface area contributed by atoms with Crippen LogP contribution in [-0.4, -0.2) is 10.1 Å². The molecule has 88 valence electrons. The maximum atomic E-state index is 5.28. The zero-order valence-corrected chi connectivity index (χ0v) is 11.5. The van der Waals surface area contributed by atoms with Gasteiger partial charge < -0.3 is 4.52 Å². The Morgan fingerprint density at radius 1 is 0.833 bits per heavy atom. The molecule has 4 heteroatoms. The van der Waals surface area contributed by atoms with E-state index in [1.54, 1.807) is 0 Å². The second-order valence-electron chi connectivity index (χ2n) is 3.80. The molecule has 18 heavy (non-hydrogen) atoms. The molecule has 0 saturated carbocycles. The van der Waals surface area contributed by atoms with E-state index < -0.39 is 0 Å². The maximum Gasteiger partial charge on any atom is 0.258 e. The first kappa shape index (κ1) is 11.4. The number of aromatic nitrogens is 2. The van der Waals surface area contributed by atoms with Crippen molar-refractivity contribution in [2.75, 3.05) is 0 Å². The van der Waals surface area contributed by atoms with Gasteiger partial charge in [-0.2, -0.15) is 4.98 Å². The van der Waals surface area contributed by atoms with Gasteiger partial charge in [0.15, 0.2) is 0 Å². The van der Waals surface area contributed by atoms with Gasteiger partial charge in [0.2, 0.25) is 5.82 Å². The van der Waals surface area contributed by atoms with Crippen molar-refractivity contribution in [1.82, 2.24) is 10.1 Å². The maximum absolute atomic E-state index is 5.28. The van der Waals surface area contributed by atoms with Gasteiger partial charge in [-0.05, 0) is 46.9 Å². The predicted molar refractivity (Wildman–Crippen MR) is 77.9 cm³/mol. The van der Waals surface area contributed by atoms with Crippen LogP contribution in [0, 0.1) is 3.57 Å². The van der Waals surface area contributed by atoms with Gasteiger partial charge in [-0.3, -0.25) is 0 Å². The minimum Gasteiger partial charge on any atom is -0.334 e. The average molecular weight is 348 g/mol. The van der Waals surface area contributed by atoms with Gasteiger partial charge in [-0.15, -0.1) is 0 Å². The van der Waals surface area contributed by atoms with E-state index in [0.29, 0.717) is 11.7 Å². The van der Waals surface area contributed by atoms with Crippen LogP contribution < -0.4 is 0 Å². The van der Waals surface area contributed by atoms with Crippen LogP contribution in [0.4, 0.5) is 0 Å². The molecule has 0 atom stereocenters. The number of hydrogen-bond acceptors (Lipinski definition) is 3. The minimum absolute atomic E-state index is 0.547. The van der Waals surface area contributed by atoms with Crippen molar-refractivity contribution in [2.24, 2.45) is 0 Å². The summed E-state index contributed by atoms with van der Waals surface area (Å²) in [6, 6.07) is 17.8. The molecule has 0 unspecified atom stereocenters. The Morgan fingerprint density at radius 3 is 2.28 bits per heavy atom. The molecule has 0 bridgehead atoms. The molecule has 3 aromatic rings. The van der Waals surface area contributed by atoms with E-state index in [-0.39, 0.29) is 0 Å². The fraction of sp³-hybridized carbons (Fsp3) is 0. The van der Waals surface area contributed by atoms with E-state index in [2.05, 4.69) is 32.7 Å². The third-order valence-electron chi connectivity index (χ3n) is 2.55. The standard InChI is InChI=1S/C14H9IN2O/c15-12-8-6-11(7-9-12)14-16-13(17-18-14)10-4-2-1-3-5-10/h1-9H. The largest absolute Gasteiger partial charge is 0.334 e.